The summed E-state index contributed by atoms with van der Waals surface area (Å²) in [5, 5.41) is 10.5. The number of hydrogen-bond acceptors (Lipinski definition) is 2. The number of phenolic OH excluding ortho intramolecular Hbond substituents is 1. The first-order valence-corrected chi connectivity index (χ1v) is 8.37. The van der Waals surface area contributed by atoms with E-state index in [1.807, 2.05) is 72.8 Å². The number of rotatable bonds is 4. The maximum absolute atomic E-state index is 12.6. The zero-order valence-electron chi connectivity index (χ0n) is 12.0. The van der Waals surface area contributed by atoms with Crippen LogP contribution in [0.4, 0.5) is 0 Å². The Balaban J connectivity index is 1.93. The molecule has 110 valence electrons. The fourth-order valence-corrected chi connectivity index (χ4v) is 3.57. The van der Waals surface area contributed by atoms with E-state index in [-0.39, 0.29) is 5.75 Å². The van der Waals surface area contributed by atoms with Gasteiger partial charge in [0.1, 0.15) is 5.75 Å². The molecule has 0 radical (unpaired) electrons. The lowest BCUT2D eigenvalue weighted by molar-refractivity contribution is 0.463. The molecule has 0 saturated carbocycles. The molecule has 22 heavy (non-hydrogen) atoms. The Bertz CT molecular complexity index is 783. The van der Waals surface area contributed by atoms with Crippen molar-refractivity contribution < 1.29 is 9.32 Å². The lowest BCUT2D eigenvalue weighted by Crippen LogP contribution is -1.97. The Morgan fingerprint density at radius 2 is 1.41 bits per heavy atom. The van der Waals surface area contributed by atoms with Crippen LogP contribution in [0.3, 0.4) is 0 Å². The Labute approximate surface area is 132 Å². The lowest BCUT2D eigenvalue weighted by atomic mass is 10.1. The normalized spacial score (nSPS) is 12.0. The van der Waals surface area contributed by atoms with Gasteiger partial charge in [0.2, 0.25) is 0 Å². The first-order chi connectivity index (χ1) is 10.8. The number of para-hydroxylation sites is 1. The predicted molar refractivity (Wildman–Crippen MR) is 90.1 cm³/mol. The summed E-state index contributed by atoms with van der Waals surface area (Å²) in [5.41, 5.74) is 2.61. The Morgan fingerprint density at radius 3 is 2.09 bits per heavy atom. The summed E-state index contributed by atoms with van der Waals surface area (Å²) in [6.07, 6.45) is 0. The zero-order valence-corrected chi connectivity index (χ0v) is 12.8. The highest BCUT2D eigenvalue weighted by atomic mass is 32.2. The molecule has 1 unspecified atom stereocenters. The molecule has 0 saturated heterocycles. The number of benzene rings is 3. The van der Waals surface area contributed by atoms with Crippen LogP contribution < -0.4 is 0 Å². The van der Waals surface area contributed by atoms with Crippen molar-refractivity contribution in [3.8, 4) is 16.9 Å². The van der Waals surface area contributed by atoms with Gasteiger partial charge in [-0.2, -0.15) is 0 Å². The molecular formula is C19H16O2S. The summed E-state index contributed by atoms with van der Waals surface area (Å²) in [4.78, 5) is 0.477. The fraction of sp³-hybridized carbons (Fsp3) is 0.0526. The molecule has 0 aliphatic heterocycles. The van der Waals surface area contributed by atoms with Gasteiger partial charge in [0.15, 0.2) is 0 Å². The molecule has 0 aliphatic carbocycles. The maximum atomic E-state index is 12.6. The molecule has 3 aromatic rings. The third-order valence-electron chi connectivity index (χ3n) is 3.47. The molecule has 0 bridgehead atoms. The molecule has 0 spiro atoms. The highest BCUT2D eigenvalue weighted by molar-refractivity contribution is 7.84. The van der Waals surface area contributed by atoms with Crippen LogP contribution >= 0.6 is 0 Å². The van der Waals surface area contributed by atoms with E-state index in [4.69, 9.17) is 0 Å². The lowest BCUT2D eigenvalue weighted by Gasteiger charge is -2.10. The molecule has 3 aromatic carbocycles. The number of hydrogen-bond donors (Lipinski definition) is 1. The average molecular weight is 308 g/mol. The zero-order chi connectivity index (χ0) is 15.4. The van der Waals surface area contributed by atoms with E-state index in [2.05, 4.69) is 0 Å². The van der Waals surface area contributed by atoms with E-state index in [9.17, 15) is 9.32 Å². The molecule has 0 aromatic heterocycles. The Morgan fingerprint density at radius 1 is 0.773 bits per heavy atom. The van der Waals surface area contributed by atoms with Crippen molar-refractivity contribution in [2.45, 2.75) is 10.6 Å². The van der Waals surface area contributed by atoms with Crippen molar-refractivity contribution in [1.29, 1.82) is 0 Å². The number of phenols is 1. The SMILES string of the molecule is O=S(Cc1ccccc1)c1cccc(-c2ccccc2)c1O. The van der Waals surface area contributed by atoms with Gasteiger partial charge in [0.05, 0.1) is 21.4 Å². The van der Waals surface area contributed by atoms with Gasteiger partial charge in [-0.3, -0.25) is 4.21 Å². The maximum Gasteiger partial charge on any atom is 0.139 e. The minimum Gasteiger partial charge on any atom is -0.506 e. The average Bonchev–Trinajstić information content (AvgIpc) is 2.56. The monoisotopic (exact) mass is 308 g/mol. The van der Waals surface area contributed by atoms with Crippen LogP contribution in [0.25, 0.3) is 11.1 Å². The summed E-state index contributed by atoms with van der Waals surface area (Å²) >= 11 is 0. The van der Waals surface area contributed by atoms with E-state index in [1.165, 1.54) is 0 Å². The Kier molecular flexibility index (Phi) is 4.35. The highest BCUT2D eigenvalue weighted by Crippen LogP contribution is 2.34. The minimum atomic E-state index is -1.28. The van der Waals surface area contributed by atoms with E-state index in [0.29, 0.717) is 16.2 Å². The summed E-state index contributed by atoms with van der Waals surface area (Å²) in [5.74, 6) is 0.495. The fourth-order valence-electron chi connectivity index (χ4n) is 2.36. The first kappa shape index (κ1) is 14.5. The van der Waals surface area contributed by atoms with Crippen LogP contribution in [0, 0.1) is 0 Å². The smallest absolute Gasteiger partial charge is 0.139 e. The highest BCUT2D eigenvalue weighted by Gasteiger charge is 2.14. The molecule has 1 N–H and O–H groups in total. The molecule has 0 fully saturated rings. The van der Waals surface area contributed by atoms with Gasteiger partial charge in [-0.15, -0.1) is 0 Å². The van der Waals surface area contributed by atoms with Crippen molar-refractivity contribution >= 4 is 10.8 Å². The van der Waals surface area contributed by atoms with Gasteiger partial charge in [-0.1, -0.05) is 72.8 Å². The van der Waals surface area contributed by atoms with Crippen molar-refractivity contribution in [3.05, 3.63) is 84.4 Å². The molecule has 0 heterocycles. The first-order valence-electron chi connectivity index (χ1n) is 7.05. The molecule has 3 heteroatoms. The Hall–Kier alpha value is -2.39. The molecule has 0 amide bonds. The van der Waals surface area contributed by atoms with Crippen LogP contribution in [0.15, 0.2) is 83.8 Å². The molecule has 2 nitrogen and oxygen atoms in total. The van der Waals surface area contributed by atoms with E-state index in [1.54, 1.807) is 6.07 Å². The molecule has 0 aliphatic rings. The largest absolute Gasteiger partial charge is 0.506 e. The van der Waals surface area contributed by atoms with Crippen molar-refractivity contribution in [1.82, 2.24) is 0 Å². The van der Waals surface area contributed by atoms with E-state index in [0.717, 1.165) is 11.1 Å². The summed E-state index contributed by atoms with van der Waals surface area (Å²) in [6, 6.07) is 24.7. The van der Waals surface area contributed by atoms with Gasteiger partial charge < -0.3 is 5.11 Å². The van der Waals surface area contributed by atoms with E-state index >= 15 is 0 Å². The standard InChI is InChI=1S/C19H16O2S/c20-19-17(16-10-5-2-6-11-16)12-7-13-18(19)22(21)14-15-8-3-1-4-9-15/h1-13,20H,14H2. The number of aromatic hydroxyl groups is 1. The van der Waals surface area contributed by atoms with Crippen molar-refractivity contribution in [2.24, 2.45) is 0 Å². The van der Waals surface area contributed by atoms with Crippen LogP contribution in [0.2, 0.25) is 0 Å². The van der Waals surface area contributed by atoms with Crippen LogP contribution in [0.5, 0.6) is 5.75 Å². The van der Waals surface area contributed by atoms with Crippen molar-refractivity contribution in [2.75, 3.05) is 0 Å². The summed E-state index contributed by atoms with van der Waals surface area (Å²) in [6.45, 7) is 0. The summed E-state index contributed by atoms with van der Waals surface area (Å²) in [7, 11) is -1.28. The molecule has 3 rings (SSSR count). The van der Waals surface area contributed by atoms with Gasteiger partial charge >= 0.3 is 0 Å². The second-order valence-corrected chi connectivity index (χ2v) is 6.41. The van der Waals surface area contributed by atoms with Gasteiger partial charge in [-0.05, 0) is 17.2 Å². The van der Waals surface area contributed by atoms with Crippen molar-refractivity contribution in [3.63, 3.8) is 0 Å². The third kappa shape index (κ3) is 3.10. The van der Waals surface area contributed by atoms with Crippen LogP contribution in [-0.2, 0) is 16.6 Å². The quantitative estimate of drug-likeness (QED) is 0.777. The molecular weight excluding hydrogens is 292 g/mol. The van der Waals surface area contributed by atoms with Gasteiger partial charge in [0.25, 0.3) is 0 Å². The topological polar surface area (TPSA) is 37.3 Å². The van der Waals surface area contributed by atoms with Crippen LogP contribution in [-0.4, -0.2) is 9.32 Å². The van der Waals surface area contributed by atoms with Gasteiger partial charge in [0, 0.05) is 5.56 Å². The predicted octanol–water partition coefficient (Wildman–Crippen LogP) is 4.37. The molecule has 1 atom stereocenters. The van der Waals surface area contributed by atoms with Crippen LogP contribution in [0.1, 0.15) is 5.56 Å². The second kappa shape index (κ2) is 6.58. The second-order valence-electron chi connectivity index (χ2n) is 4.99. The summed E-state index contributed by atoms with van der Waals surface area (Å²) < 4.78 is 12.6. The minimum absolute atomic E-state index is 0.1000. The van der Waals surface area contributed by atoms with E-state index < -0.39 is 10.8 Å². The van der Waals surface area contributed by atoms with Gasteiger partial charge in [-0.25, -0.2) is 0 Å². The third-order valence-corrected chi connectivity index (χ3v) is 4.89.